The summed E-state index contributed by atoms with van der Waals surface area (Å²) in [6, 6.07) is 0. The highest BCUT2D eigenvalue weighted by atomic mass is 32.2. The van der Waals surface area contributed by atoms with Crippen LogP contribution in [0.3, 0.4) is 0 Å². The molecule has 1 aliphatic heterocycles. The second-order valence-electron chi connectivity index (χ2n) is 4.40. The Morgan fingerprint density at radius 1 is 1.48 bits per heavy atom. The van der Waals surface area contributed by atoms with Gasteiger partial charge in [0, 0.05) is 13.1 Å². The Kier molecular flexibility index (Phi) is 5.57. The molecule has 1 atom stereocenters. The van der Waals surface area contributed by atoms with Gasteiger partial charge in [-0.15, -0.1) is 5.10 Å². The number of amides is 1. The van der Waals surface area contributed by atoms with Gasteiger partial charge in [-0.3, -0.25) is 4.79 Å². The van der Waals surface area contributed by atoms with Gasteiger partial charge in [0.05, 0.1) is 25.1 Å². The second kappa shape index (κ2) is 7.41. The third-order valence-electron chi connectivity index (χ3n) is 2.77. The molecule has 1 amide bonds. The minimum Gasteiger partial charge on any atom is -0.459 e. The van der Waals surface area contributed by atoms with Crippen LogP contribution in [0.5, 0.6) is 0 Å². The lowest BCUT2D eigenvalue weighted by Crippen LogP contribution is -2.45. The summed E-state index contributed by atoms with van der Waals surface area (Å²) in [6.45, 7) is 5.56. The van der Waals surface area contributed by atoms with Gasteiger partial charge in [-0.2, -0.15) is 0 Å². The minimum atomic E-state index is -0.662. The van der Waals surface area contributed by atoms with Gasteiger partial charge in [-0.25, -0.2) is 4.79 Å². The van der Waals surface area contributed by atoms with Gasteiger partial charge in [0.1, 0.15) is 0 Å². The molecule has 2 rings (SSSR count). The maximum absolute atomic E-state index is 12.0. The number of carbonyl (C=O) groups is 2. The summed E-state index contributed by atoms with van der Waals surface area (Å²) in [6.07, 6.45) is 0.0477. The van der Waals surface area contributed by atoms with E-state index >= 15 is 0 Å². The smallest absolute Gasteiger partial charge is 0.396 e. The first-order chi connectivity index (χ1) is 10.1. The topological polar surface area (TPSA) is 94.8 Å². The number of nitrogens with zero attached hydrogens (tertiary/aromatic N) is 3. The van der Waals surface area contributed by atoms with Gasteiger partial charge in [-0.1, -0.05) is 16.9 Å². The van der Waals surface area contributed by atoms with Crippen LogP contribution in [0.25, 0.3) is 0 Å². The van der Waals surface area contributed by atoms with E-state index in [1.165, 1.54) is 0 Å². The molecule has 0 spiro atoms. The summed E-state index contributed by atoms with van der Waals surface area (Å²) in [5, 5.41) is 7.46. The van der Waals surface area contributed by atoms with E-state index < -0.39 is 5.97 Å². The molecule has 1 aromatic heterocycles. The maximum atomic E-state index is 12.0. The van der Waals surface area contributed by atoms with Crippen molar-refractivity contribution in [2.45, 2.75) is 25.2 Å². The van der Waals surface area contributed by atoms with Crippen LogP contribution in [0.2, 0.25) is 0 Å². The van der Waals surface area contributed by atoms with Crippen molar-refractivity contribution in [1.29, 1.82) is 0 Å². The monoisotopic (exact) mass is 315 g/mol. The lowest BCUT2D eigenvalue weighted by molar-refractivity contribution is -0.135. The van der Waals surface area contributed by atoms with Crippen molar-refractivity contribution in [3.63, 3.8) is 0 Å². The van der Waals surface area contributed by atoms with Crippen LogP contribution in [0, 0.1) is 0 Å². The highest BCUT2D eigenvalue weighted by molar-refractivity contribution is 7.99. The van der Waals surface area contributed by atoms with Crippen molar-refractivity contribution in [1.82, 2.24) is 15.1 Å². The van der Waals surface area contributed by atoms with Gasteiger partial charge in [0.25, 0.3) is 5.22 Å². The first-order valence-corrected chi connectivity index (χ1v) is 7.61. The second-order valence-corrected chi connectivity index (χ2v) is 5.33. The van der Waals surface area contributed by atoms with E-state index in [4.69, 9.17) is 13.9 Å². The molecule has 0 N–H and O–H groups in total. The molecule has 1 unspecified atom stereocenters. The number of aromatic nitrogens is 2. The van der Waals surface area contributed by atoms with E-state index in [9.17, 15) is 9.59 Å². The summed E-state index contributed by atoms with van der Waals surface area (Å²) >= 11 is 1.10. The van der Waals surface area contributed by atoms with E-state index in [-0.39, 0.29) is 35.5 Å². The Hall–Kier alpha value is -1.61. The molecule has 116 valence electrons. The Morgan fingerprint density at radius 2 is 2.29 bits per heavy atom. The van der Waals surface area contributed by atoms with E-state index in [0.717, 1.165) is 11.8 Å². The third-order valence-corrected chi connectivity index (χ3v) is 3.57. The van der Waals surface area contributed by atoms with Crippen LogP contribution >= 0.6 is 11.8 Å². The maximum Gasteiger partial charge on any atom is 0.396 e. The van der Waals surface area contributed by atoms with E-state index in [0.29, 0.717) is 19.7 Å². The zero-order chi connectivity index (χ0) is 15.2. The molecule has 9 heteroatoms. The SMILES string of the molecule is CCOC(=O)c1nnc(SCC(=O)N2CCOC(C)C2)o1. The van der Waals surface area contributed by atoms with Crippen molar-refractivity contribution in [3.8, 4) is 0 Å². The lowest BCUT2D eigenvalue weighted by Gasteiger charge is -2.30. The molecule has 1 aromatic rings. The Balaban J connectivity index is 1.82. The normalized spacial score (nSPS) is 18.6. The highest BCUT2D eigenvalue weighted by Crippen LogP contribution is 2.17. The van der Waals surface area contributed by atoms with Crippen LogP contribution in [0.4, 0.5) is 0 Å². The fourth-order valence-corrected chi connectivity index (χ4v) is 2.47. The average molecular weight is 315 g/mol. The van der Waals surface area contributed by atoms with Crippen LogP contribution < -0.4 is 0 Å². The number of hydrogen-bond donors (Lipinski definition) is 0. The van der Waals surface area contributed by atoms with Gasteiger partial charge < -0.3 is 18.8 Å². The summed E-state index contributed by atoms with van der Waals surface area (Å²) < 4.78 is 15.2. The quantitative estimate of drug-likeness (QED) is 0.575. The summed E-state index contributed by atoms with van der Waals surface area (Å²) in [5.41, 5.74) is 0. The number of ether oxygens (including phenoxy) is 2. The number of rotatable bonds is 5. The molecule has 0 saturated carbocycles. The van der Waals surface area contributed by atoms with Crippen LogP contribution in [-0.4, -0.2) is 65.1 Å². The fourth-order valence-electron chi connectivity index (χ4n) is 1.80. The van der Waals surface area contributed by atoms with Crippen LogP contribution in [0.15, 0.2) is 9.64 Å². The number of hydrogen-bond acceptors (Lipinski definition) is 8. The molecule has 8 nitrogen and oxygen atoms in total. The molecular formula is C12H17N3O5S. The molecule has 2 heterocycles. The molecule has 1 fully saturated rings. The first-order valence-electron chi connectivity index (χ1n) is 6.63. The Morgan fingerprint density at radius 3 is 3.00 bits per heavy atom. The van der Waals surface area contributed by atoms with E-state index in [2.05, 4.69) is 10.2 Å². The molecule has 0 radical (unpaired) electrons. The molecular weight excluding hydrogens is 298 g/mol. The Labute approximate surface area is 126 Å². The number of thioether (sulfide) groups is 1. The zero-order valence-electron chi connectivity index (χ0n) is 11.9. The lowest BCUT2D eigenvalue weighted by atomic mass is 10.3. The highest BCUT2D eigenvalue weighted by Gasteiger charge is 2.22. The molecule has 0 aliphatic carbocycles. The third kappa shape index (κ3) is 4.43. The Bertz CT molecular complexity index is 507. The molecule has 1 aliphatic rings. The number of esters is 1. The predicted octanol–water partition coefficient (Wildman–Crippen LogP) is 0.586. The summed E-state index contributed by atoms with van der Waals surface area (Å²) in [7, 11) is 0. The number of morpholine rings is 1. The van der Waals surface area contributed by atoms with Crippen molar-refractivity contribution in [2.75, 3.05) is 32.1 Å². The minimum absolute atomic E-state index is 0.0222. The number of carbonyl (C=O) groups excluding carboxylic acids is 2. The van der Waals surface area contributed by atoms with Crippen molar-refractivity contribution in [2.24, 2.45) is 0 Å². The van der Waals surface area contributed by atoms with Crippen molar-refractivity contribution < 1.29 is 23.5 Å². The van der Waals surface area contributed by atoms with Gasteiger partial charge in [0.15, 0.2) is 0 Å². The standard InChI is InChI=1S/C12H17N3O5S/c1-3-18-11(17)10-13-14-12(20-10)21-7-9(16)15-4-5-19-8(2)6-15/h8H,3-7H2,1-2H3. The fraction of sp³-hybridized carbons (Fsp3) is 0.667. The van der Waals surface area contributed by atoms with E-state index in [1.54, 1.807) is 11.8 Å². The largest absolute Gasteiger partial charge is 0.459 e. The van der Waals surface area contributed by atoms with Crippen molar-refractivity contribution in [3.05, 3.63) is 5.89 Å². The zero-order valence-corrected chi connectivity index (χ0v) is 12.7. The first kappa shape index (κ1) is 15.8. The summed E-state index contributed by atoms with van der Waals surface area (Å²) in [5.74, 6) is -0.708. The van der Waals surface area contributed by atoms with Crippen LogP contribution in [-0.2, 0) is 14.3 Å². The van der Waals surface area contributed by atoms with Gasteiger partial charge in [0.2, 0.25) is 5.91 Å². The van der Waals surface area contributed by atoms with Gasteiger partial charge >= 0.3 is 11.9 Å². The molecule has 0 aromatic carbocycles. The van der Waals surface area contributed by atoms with Crippen molar-refractivity contribution >= 4 is 23.6 Å². The average Bonchev–Trinajstić information content (AvgIpc) is 2.94. The predicted molar refractivity (Wildman–Crippen MR) is 73.0 cm³/mol. The van der Waals surface area contributed by atoms with E-state index in [1.807, 2.05) is 6.92 Å². The molecule has 0 bridgehead atoms. The van der Waals surface area contributed by atoms with Gasteiger partial charge in [-0.05, 0) is 13.8 Å². The molecule has 1 saturated heterocycles. The molecule has 21 heavy (non-hydrogen) atoms. The summed E-state index contributed by atoms with van der Waals surface area (Å²) in [4.78, 5) is 25.1. The van der Waals surface area contributed by atoms with Crippen LogP contribution in [0.1, 0.15) is 24.5 Å².